The lowest BCUT2D eigenvalue weighted by molar-refractivity contribution is 0.0953. The molecule has 0 bridgehead atoms. The smallest absolute Gasteiger partial charge is 0.251 e. The summed E-state index contributed by atoms with van der Waals surface area (Å²) in [5, 5.41) is 3.68. The Morgan fingerprint density at radius 1 is 0.963 bits per heavy atom. The molecule has 3 rings (SSSR count). The maximum atomic E-state index is 13.1. The fourth-order valence-electron chi connectivity index (χ4n) is 2.75. The lowest BCUT2D eigenvalue weighted by Gasteiger charge is -2.18. The molecule has 1 heterocycles. The maximum absolute atomic E-state index is 13.1. The monoisotopic (exact) mass is 399 g/mol. The predicted octanol–water partition coefficient (Wildman–Crippen LogP) is 4.31. The molecule has 0 aliphatic rings. The molecular weight excluding hydrogens is 378 g/mol. The number of hydrogen-bond donors (Lipinski definition) is 1. The summed E-state index contributed by atoms with van der Waals surface area (Å²) in [5.41, 5.74) is 3.29. The van der Waals surface area contributed by atoms with E-state index in [1.165, 1.54) is 11.3 Å². The van der Waals surface area contributed by atoms with Gasteiger partial charge in [0, 0.05) is 12.1 Å². The number of hydrogen-bond acceptors (Lipinski definition) is 4. The van der Waals surface area contributed by atoms with E-state index in [0.29, 0.717) is 15.3 Å². The van der Waals surface area contributed by atoms with Gasteiger partial charge in [-0.3, -0.25) is 4.79 Å². The van der Waals surface area contributed by atoms with Gasteiger partial charge in [0.05, 0.1) is 0 Å². The van der Waals surface area contributed by atoms with Gasteiger partial charge in [0.25, 0.3) is 5.91 Å². The SMILES string of the molecule is Cc1ccc(C(=O)NC[C@@H](c2ccc(C)cc2)S(=O)(=O)c2cccs2)cc1. The lowest BCUT2D eigenvalue weighted by Crippen LogP contribution is -2.31. The van der Waals surface area contributed by atoms with E-state index in [-0.39, 0.29) is 12.5 Å². The highest BCUT2D eigenvalue weighted by atomic mass is 32.2. The van der Waals surface area contributed by atoms with Crippen molar-refractivity contribution in [1.29, 1.82) is 0 Å². The number of rotatable bonds is 6. The summed E-state index contributed by atoms with van der Waals surface area (Å²) in [6.45, 7) is 3.91. The molecule has 140 valence electrons. The molecule has 27 heavy (non-hydrogen) atoms. The summed E-state index contributed by atoms with van der Waals surface area (Å²) in [7, 11) is -3.60. The van der Waals surface area contributed by atoms with Gasteiger partial charge in [-0.1, -0.05) is 53.6 Å². The quantitative estimate of drug-likeness (QED) is 0.672. The van der Waals surface area contributed by atoms with Crippen molar-refractivity contribution in [3.63, 3.8) is 0 Å². The van der Waals surface area contributed by atoms with Crippen LogP contribution in [0.4, 0.5) is 0 Å². The van der Waals surface area contributed by atoms with Crippen molar-refractivity contribution in [1.82, 2.24) is 5.32 Å². The fraction of sp³-hybridized carbons (Fsp3) is 0.190. The third-order valence-corrected chi connectivity index (χ3v) is 7.89. The molecule has 2 aromatic carbocycles. The van der Waals surface area contributed by atoms with Crippen molar-refractivity contribution in [3.05, 3.63) is 88.3 Å². The number of nitrogens with one attached hydrogen (secondary N) is 1. The van der Waals surface area contributed by atoms with E-state index in [2.05, 4.69) is 5.32 Å². The van der Waals surface area contributed by atoms with Gasteiger partial charge in [0.2, 0.25) is 0 Å². The summed E-state index contributed by atoms with van der Waals surface area (Å²) in [5.74, 6) is -0.284. The molecule has 4 nitrogen and oxygen atoms in total. The first kappa shape index (κ1) is 19.3. The van der Waals surface area contributed by atoms with Gasteiger partial charge >= 0.3 is 0 Å². The Labute approximate surface area is 163 Å². The van der Waals surface area contributed by atoms with Gasteiger partial charge in [-0.2, -0.15) is 0 Å². The second-order valence-corrected chi connectivity index (χ2v) is 9.76. The summed E-state index contributed by atoms with van der Waals surface area (Å²) in [4.78, 5) is 12.5. The Morgan fingerprint density at radius 2 is 1.56 bits per heavy atom. The molecule has 1 aromatic heterocycles. The number of aryl methyl sites for hydroxylation is 2. The van der Waals surface area contributed by atoms with Crippen molar-refractivity contribution < 1.29 is 13.2 Å². The van der Waals surface area contributed by atoms with E-state index in [1.54, 1.807) is 29.6 Å². The van der Waals surface area contributed by atoms with Crippen molar-refractivity contribution in [2.24, 2.45) is 0 Å². The van der Waals surface area contributed by atoms with E-state index in [0.717, 1.165) is 11.1 Å². The highest BCUT2D eigenvalue weighted by Gasteiger charge is 2.30. The average molecular weight is 400 g/mol. The van der Waals surface area contributed by atoms with Crippen LogP contribution in [-0.4, -0.2) is 20.9 Å². The second-order valence-electron chi connectivity index (χ2n) is 6.45. The zero-order valence-corrected chi connectivity index (χ0v) is 16.8. The standard InChI is InChI=1S/C21H21NO3S2/c1-15-5-9-17(10-6-15)19(27(24,25)20-4-3-13-26-20)14-22-21(23)18-11-7-16(2)8-12-18/h3-13,19H,14H2,1-2H3,(H,22,23)/t19-/m0/s1. The van der Waals surface area contributed by atoms with E-state index >= 15 is 0 Å². The van der Waals surface area contributed by atoms with Crippen LogP contribution in [0.3, 0.4) is 0 Å². The fourth-order valence-corrected chi connectivity index (χ4v) is 5.61. The van der Waals surface area contributed by atoms with Gasteiger partial charge < -0.3 is 5.32 Å². The molecule has 0 saturated heterocycles. The van der Waals surface area contributed by atoms with Crippen LogP contribution in [0, 0.1) is 13.8 Å². The molecule has 3 aromatic rings. The van der Waals surface area contributed by atoms with E-state index in [9.17, 15) is 13.2 Å². The van der Waals surface area contributed by atoms with Gasteiger partial charge in [0.1, 0.15) is 9.46 Å². The molecule has 0 aliphatic heterocycles. The minimum absolute atomic E-state index is 0.00992. The summed E-state index contributed by atoms with van der Waals surface area (Å²) >= 11 is 1.19. The molecule has 0 spiro atoms. The number of carbonyl (C=O) groups excluding carboxylic acids is 1. The molecule has 1 amide bonds. The highest BCUT2D eigenvalue weighted by molar-refractivity contribution is 7.93. The Balaban J connectivity index is 1.87. The summed E-state index contributed by atoms with van der Waals surface area (Å²) < 4.78 is 26.6. The number of thiophene rings is 1. The second kappa shape index (κ2) is 8.06. The first-order chi connectivity index (χ1) is 12.9. The molecular formula is C21H21NO3S2. The molecule has 0 aliphatic carbocycles. The Bertz CT molecular complexity index is 1010. The van der Waals surface area contributed by atoms with E-state index in [4.69, 9.17) is 0 Å². The van der Waals surface area contributed by atoms with Crippen LogP contribution in [0.1, 0.15) is 32.3 Å². The van der Waals surface area contributed by atoms with E-state index in [1.807, 2.05) is 50.2 Å². The molecule has 6 heteroatoms. The number of sulfone groups is 1. The third-order valence-electron chi connectivity index (χ3n) is 4.36. The van der Waals surface area contributed by atoms with E-state index < -0.39 is 15.1 Å². The maximum Gasteiger partial charge on any atom is 0.251 e. The summed E-state index contributed by atoms with van der Waals surface area (Å²) in [6.07, 6.45) is 0. The van der Waals surface area contributed by atoms with Crippen LogP contribution in [0.25, 0.3) is 0 Å². The summed E-state index contributed by atoms with van der Waals surface area (Å²) in [6, 6.07) is 17.9. The third kappa shape index (κ3) is 4.46. The van der Waals surface area contributed by atoms with Crippen LogP contribution >= 0.6 is 11.3 Å². The topological polar surface area (TPSA) is 63.2 Å². The van der Waals surface area contributed by atoms with Crippen LogP contribution in [-0.2, 0) is 9.84 Å². The zero-order chi connectivity index (χ0) is 19.4. The highest BCUT2D eigenvalue weighted by Crippen LogP contribution is 2.31. The van der Waals surface area contributed by atoms with Gasteiger partial charge in [0.15, 0.2) is 9.84 Å². The molecule has 1 N–H and O–H groups in total. The largest absolute Gasteiger partial charge is 0.350 e. The van der Waals surface area contributed by atoms with Gasteiger partial charge in [-0.25, -0.2) is 8.42 Å². The predicted molar refractivity (Wildman–Crippen MR) is 109 cm³/mol. The van der Waals surface area contributed by atoms with Crippen molar-refractivity contribution in [3.8, 4) is 0 Å². The van der Waals surface area contributed by atoms with Crippen molar-refractivity contribution in [2.45, 2.75) is 23.3 Å². The first-order valence-corrected chi connectivity index (χ1v) is 11.0. The van der Waals surface area contributed by atoms with Crippen LogP contribution in [0.2, 0.25) is 0 Å². The first-order valence-electron chi connectivity index (χ1n) is 8.57. The number of amides is 1. The van der Waals surface area contributed by atoms with Gasteiger partial charge in [-0.15, -0.1) is 11.3 Å². The van der Waals surface area contributed by atoms with Crippen molar-refractivity contribution >= 4 is 27.1 Å². The molecule has 0 unspecified atom stereocenters. The zero-order valence-electron chi connectivity index (χ0n) is 15.2. The Kier molecular flexibility index (Phi) is 5.77. The molecule has 0 saturated carbocycles. The molecule has 0 radical (unpaired) electrons. The number of carbonyl (C=O) groups is 1. The molecule has 1 atom stereocenters. The average Bonchev–Trinajstić information content (AvgIpc) is 3.19. The Morgan fingerprint density at radius 3 is 2.11 bits per heavy atom. The number of benzene rings is 2. The normalized spacial score (nSPS) is 12.5. The van der Waals surface area contributed by atoms with Crippen LogP contribution in [0.15, 0.2) is 70.3 Å². The van der Waals surface area contributed by atoms with Crippen LogP contribution in [0.5, 0.6) is 0 Å². The van der Waals surface area contributed by atoms with Crippen LogP contribution < -0.4 is 5.32 Å². The van der Waals surface area contributed by atoms with Crippen molar-refractivity contribution in [2.75, 3.05) is 6.54 Å². The van der Waals surface area contributed by atoms with Gasteiger partial charge in [-0.05, 0) is 43.0 Å². The lowest BCUT2D eigenvalue weighted by atomic mass is 10.1. The minimum Gasteiger partial charge on any atom is -0.350 e. The minimum atomic E-state index is -3.60. The Hall–Kier alpha value is -2.44. The molecule has 0 fully saturated rings.